The van der Waals surface area contributed by atoms with Crippen molar-refractivity contribution in [3.8, 4) is 0 Å². The van der Waals surface area contributed by atoms with Crippen LogP contribution >= 0.6 is 0 Å². The summed E-state index contributed by atoms with van der Waals surface area (Å²) in [6.45, 7) is 1.59. The van der Waals surface area contributed by atoms with Crippen LogP contribution in [0.1, 0.15) is 13.3 Å². The smallest absolute Gasteiger partial charge is 0.258 e. The van der Waals surface area contributed by atoms with E-state index >= 15 is 0 Å². The quantitative estimate of drug-likeness (QED) is 0.449. The Kier molecular flexibility index (Phi) is 4.10. The number of nitrogens with zero attached hydrogens (tertiary/aromatic N) is 2. The third kappa shape index (κ3) is 2.41. The van der Waals surface area contributed by atoms with Crippen molar-refractivity contribution < 1.29 is 9.59 Å². The zero-order chi connectivity index (χ0) is 9.72. The van der Waals surface area contributed by atoms with Gasteiger partial charge in [0, 0.05) is 20.5 Å². The second-order valence-corrected chi connectivity index (χ2v) is 2.56. The van der Waals surface area contributed by atoms with Gasteiger partial charge in [-0.1, -0.05) is 6.92 Å². The molecule has 0 rings (SSSR count). The molecule has 0 aromatic carbocycles. The second kappa shape index (κ2) is 4.58. The van der Waals surface area contributed by atoms with Gasteiger partial charge in [-0.25, -0.2) is 0 Å². The second-order valence-electron chi connectivity index (χ2n) is 2.56. The average molecular weight is 172 g/mol. The van der Waals surface area contributed by atoms with Crippen molar-refractivity contribution in [1.82, 2.24) is 4.90 Å². The number of carbonyl (C=O) groups excluding carboxylic acids is 2. The minimum atomic E-state index is -1.36. The van der Waals surface area contributed by atoms with Crippen molar-refractivity contribution in [2.24, 2.45) is 5.18 Å². The van der Waals surface area contributed by atoms with Crippen LogP contribution in [-0.2, 0) is 9.59 Å². The van der Waals surface area contributed by atoms with Gasteiger partial charge in [0.25, 0.3) is 5.91 Å². The van der Waals surface area contributed by atoms with E-state index in [9.17, 15) is 14.5 Å². The molecule has 0 N–H and O–H groups in total. The monoisotopic (exact) mass is 172 g/mol. The highest BCUT2D eigenvalue weighted by Gasteiger charge is 2.27. The predicted molar refractivity (Wildman–Crippen MR) is 43.6 cm³/mol. The topological polar surface area (TPSA) is 66.8 Å². The zero-order valence-electron chi connectivity index (χ0n) is 7.40. The van der Waals surface area contributed by atoms with Crippen LogP contribution in [-0.4, -0.2) is 36.7 Å². The highest BCUT2D eigenvalue weighted by Crippen LogP contribution is 2.00. The average Bonchev–Trinajstić information content (AvgIpc) is 2.05. The number of likely N-dealkylation sites (N-methyl/N-ethyl adjacent to an activating group) is 1. The fraction of sp³-hybridized carbons (Fsp3) is 0.714. The van der Waals surface area contributed by atoms with E-state index in [2.05, 4.69) is 5.18 Å². The number of hydrogen-bond donors (Lipinski definition) is 0. The zero-order valence-corrected chi connectivity index (χ0v) is 7.40. The molecule has 0 aliphatic heterocycles. The molecule has 1 unspecified atom stereocenters. The fourth-order valence-electron chi connectivity index (χ4n) is 0.680. The van der Waals surface area contributed by atoms with Crippen LogP contribution in [0.4, 0.5) is 0 Å². The molecule has 0 fully saturated rings. The number of nitroso groups, excluding NO2 is 1. The number of amides is 1. The predicted octanol–water partition coefficient (Wildman–Crippen LogP) is 0.189. The van der Waals surface area contributed by atoms with Crippen molar-refractivity contribution >= 4 is 11.7 Å². The van der Waals surface area contributed by atoms with Gasteiger partial charge >= 0.3 is 0 Å². The molecule has 1 atom stereocenters. The molecule has 0 aromatic rings. The lowest BCUT2D eigenvalue weighted by atomic mass is 10.1. The molecule has 0 aliphatic carbocycles. The SMILES string of the molecule is CCC(=O)C(N=O)C(=O)N(C)C. The Hall–Kier alpha value is -1.26. The minimum absolute atomic E-state index is 0.149. The van der Waals surface area contributed by atoms with Crippen LogP contribution in [0.2, 0.25) is 0 Å². The van der Waals surface area contributed by atoms with Crippen LogP contribution < -0.4 is 0 Å². The summed E-state index contributed by atoms with van der Waals surface area (Å²) in [6.07, 6.45) is 0.149. The summed E-state index contributed by atoms with van der Waals surface area (Å²) < 4.78 is 0. The van der Waals surface area contributed by atoms with Crippen molar-refractivity contribution in [3.63, 3.8) is 0 Å². The molecule has 0 saturated carbocycles. The summed E-state index contributed by atoms with van der Waals surface area (Å²) in [5.41, 5.74) is 0. The number of hydrogen-bond acceptors (Lipinski definition) is 4. The van der Waals surface area contributed by atoms with E-state index in [1.54, 1.807) is 6.92 Å². The molecule has 0 aromatic heterocycles. The maximum atomic E-state index is 11.1. The number of rotatable bonds is 4. The van der Waals surface area contributed by atoms with Gasteiger partial charge in [-0.15, -0.1) is 4.91 Å². The molecule has 0 aliphatic rings. The first-order valence-electron chi connectivity index (χ1n) is 3.61. The molecule has 0 spiro atoms. The Morgan fingerprint density at radius 1 is 1.42 bits per heavy atom. The molecule has 0 radical (unpaired) electrons. The first-order valence-corrected chi connectivity index (χ1v) is 3.61. The van der Waals surface area contributed by atoms with Crippen molar-refractivity contribution in [2.75, 3.05) is 14.1 Å². The lowest BCUT2D eigenvalue weighted by molar-refractivity contribution is -0.135. The van der Waals surface area contributed by atoms with E-state index < -0.39 is 17.7 Å². The lowest BCUT2D eigenvalue weighted by Gasteiger charge is -2.12. The van der Waals surface area contributed by atoms with Crippen LogP contribution in [0.5, 0.6) is 0 Å². The third-order valence-corrected chi connectivity index (χ3v) is 1.43. The Balaban J connectivity index is 4.45. The molecule has 0 saturated heterocycles. The third-order valence-electron chi connectivity index (χ3n) is 1.43. The molecule has 0 bridgehead atoms. The van der Waals surface area contributed by atoms with E-state index in [-0.39, 0.29) is 6.42 Å². The summed E-state index contributed by atoms with van der Waals surface area (Å²) >= 11 is 0. The lowest BCUT2D eigenvalue weighted by Crippen LogP contribution is -2.37. The number of ketones is 1. The molecular formula is C7H12N2O3. The highest BCUT2D eigenvalue weighted by atomic mass is 16.3. The van der Waals surface area contributed by atoms with Gasteiger partial charge in [-0.3, -0.25) is 9.59 Å². The van der Waals surface area contributed by atoms with Crippen molar-refractivity contribution in [1.29, 1.82) is 0 Å². The normalized spacial score (nSPS) is 11.9. The van der Waals surface area contributed by atoms with Gasteiger partial charge in [-0.2, -0.15) is 0 Å². The molecule has 5 nitrogen and oxygen atoms in total. The maximum absolute atomic E-state index is 11.1. The molecular weight excluding hydrogens is 160 g/mol. The number of Topliss-reactive ketones (excluding diaryl/α,β-unsaturated/α-hetero) is 1. The number of carbonyl (C=O) groups is 2. The molecule has 0 heterocycles. The van der Waals surface area contributed by atoms with Crippen molar-refractivity contribution in [3.05, 3.63) is 4.91 Å². The van der Waals surface area contributed by atoms with Gasteiger partial charge in [0.05, 0.1) is 0 Å². The summed E-state index contributed by atoms with van der Waals surface area (Å²) in [5.74, 6) is -0.999. The van der Waals surface area contributed by atoms with Gasteiger partial charge in [-0.05, 0) is 5.18 Å². The standard InChI is InChI=1S/C7H12N2O3/c1-4-5(10)6(8-12)7(11)9(2)3/h6H,4H2,1-3H3. The largest absolute Gasteiger partial charge is 0.346 e. The molecule has 12 heavy (non-hydrogen) atoms. The molecule has 5 heteroatoms. The van der Waals surface area contributed by atoms with Crippen molar-refractivity contribution in [2.45, 2.75) is 19.4 Å². The van der Waals surface area contributed by atoms with E-state index in [4.69, 9.17) is 0 Å². The van der Waals surface area contributed by atoms with E-state index in [0.717, 1.165) is 0 Å². The van der Waals surface area contributed by atoms with Gasteiger partial charge in [0.15, 0.2) is 5.78 Å². The van der Waals surface area contributed by atoms with E-state index in [1.807, 2.05) is 0 Å². The van der Waals surface area contributed by atoms with Gasteiger partial charge in [0.1, 0.15) is 0 Å². The van der Waals surface area contributed by atoms with Crippen LogP contribution in [0.3, 0.4) is 0 Å². The van der Waals surface area contributed by atoms with Crippen LogP contribution in [0.25, 0.3) is 0 Å². The Morgan fingerprint density at radius 2 is 1.92 bits per heavy atom. The maximum Gasteiger partial charge on any atom is 0.258 e. The summed E-state index contributed by atoms with van der Waals surface area (Å²) in [7, 11) is 2.95. The van der Waals surface area contributed by atoms with E-state index in [1.165, 1.54) is 19.0 Å². The summed E-state index contributed by atoms with van der Waals surface area (Å²) in [6, 6.07) is -1.36. The fourth-order valence-corrected chi connectivity index (χ4v) is 0.680. The molecule has 1 amide bonds. The summed E-state index contributed by atoms with van der Waals surface area (Å²) in [4.78, 5) is 33.3. The van der Waals surface area contributed by atoms with E-state index in [0.29, 0.717) is 0 Å². The highest BCUT2D eigenvalue weighted by molar-refractivity contribution is 6.05. The molecule has 68 valence electrons. The minimum Gasteiger partial charge on any atom is -0.346 e. The van der Waals surface area contributed by atoms with Gasteiger partial charge in [0.2, 0.25) is 6.04 Å². The first kappa shape index (κ1) is 10.7. The Bertz CT molecular complexity index is 201. The summed E-state index contributed by atoms with van der Waals surface area (Å²) in [5, 5.41) is 2.49. The van der Waals surface area contributed by atoms with Crippen LogP contribution in [0, 0.1) is 4.91 Å². The van der Waals surface area contributed by atoms with Crippen LogP contribution in [0.15, 0.2) is 5.18 Å². The van der Waals surface area contributed by atoms with Gasteiger partial charge < -0.3 is 4.90 Å². The first-order chi connectivity index (χ1) is 5.54. The Morgan fingerprint density at radius 3 is 2.17 bits per heavy atom. The Labute approximate surface area is 70.7 Å².